The van der Waals surface area contributed by atoms with E-state index in [1.54, 1.807) is 0 Å². The van der Waals surface area contributed by atoms with Gasteiger partial charge in [-0.25, -0.2) is 9.97 Å². The first-order valence-corrected chi connectivity index (χ1v) is 9.22. The molecule has 0 atom stereocenters. The molecule has 0 aliphatic carbocycles. The Kier molecular flexibility index (Phi) is 4.15. The third kappa shape index (κ3) is 2.64. The van der Waals surface area contributed by atoms with Gasteiger partial charge in [0.1, 0.15) is 5.82 Å². The van der Waals surface area contributed by atoms with Crippen molar-refractivity contribution in [2.24, 2.45) is 7.05 Å². The molecule has 3 aromatic heterocycles. The molecule has 1 N–H and O–H groups in total. The van der Waals surface area contributed by atoms with E-state index < -0.39 is 0 Å². The number of pyridine rings is 1. The Labute approximate surface area is 153 Å². The third-order valence-electron chi connectivity index (χ3n) is 5.15. The van der Waals surface area contributed by atoms with Crippen LogP contribution in [0.15, 0.2) is 36.9 Å². The predicted octanol–water partition coefficient (Wildman–Crippen LogP) is 5.08. The molecule has 0 saturated carbocycles. The normalized spacial score (nSPS) is 11.5. The average molecular weight is 347 g/mol. The number of nitrogens with zero attached hydrogens (tertiary/aromatic N) is 4. The topological polar surface area (TPSA) is 47.7 Å². The summed E-state index contributed by atoms with van der Waals surface area (Å²) in [6, 6.07) is 6.44. The molecule has 3 heterocycles. The fourth-order valence-electron chi connectivity index (χ4n) is 3.65. The summed E-state index contributed by atoms with van der Waals surface area (Å²) in [5.41, 5.74) is 6.87. The number of anilines is 2. The van der Waals surface area contributed by atoms with Gasteiger partial charge in [-0.2, -0.15) is 0 Å². The first kappa shape index (κ1) is 16.6. The van der Waals surface area contributed by atoms with Gasteiger partial charge in [-0.15, -0.1) is 0 Å². The molecule has 0 bridgehead atoms. The molecule has 0 amide bonds. The molecule has 0 aliphatic heterocycles. The Bertz CT molecular complexity index is 1090. The summed E-state index contributed by atoms with van der Waals surface area (Å²) in [5.74, 6) is 0.902. The molecule has 5 heteroatoms. The SMILES string of the molecule is CCCCn1ccc2c(Nc3c(C)cc4c(ncn4C)c3C)nccc21. The van der Waals surface area contributed by atoms with E-state index in [1.807, 2.05) is 19.6 Å². The van der Waals surface area contributed by atoms with Crippen LogP contribution in [0, 0.1) is 13.8 Å². The lowest BCUT2D eigenvalue weighted by Gasteiger charge is -2.14. The standard InChI is InChI=1S/C21H25N5/c1-5-6-10-26-11-8-16-17(26)7-9-22-21(16)24-19-14(2)12-18-20(15(19)3)23-13-25(18)4/h7-9,11-13H,5-6,10H2,1-4H3,(H,22,24). The van der Waals surface area contributed by atoms with Crippen molar-refractivity contribution in [3.63, 3.8) is 0 Å². The molecule has 26 heavy (non-hydrogen) atoms. The lowest BCUT2D eigenvalue weighted by molar-refractivity contribution is 0.650. The minimum atomic E-state index is 0.902. The highest BCUT2D eigenvalue weighted by atomic mass is 15.0. The number of hydrogen-bond donors (Lipinski definition) is 1. The van der Waals surface area contributed by atoms with Gasteiger partial charge in [-0.05, 0) is 44.0 Å². The van der Waals surface area contributed by atoms with Gasteiger partial charge in [-0.3, -0.25) is 0 Å². The van der Waals surface area contributed by atoms with Gasteiger partial charge in [0, 0.05) is 42.6 Å². The van der Waals surface area contributed by atoms with E-state index in [-0.39, 0.29) is 0 Å². The molecule has 4 rings (SSSR count). The number of aryl methyl sites for hydroxylation is 4. The van der Waals surface area contributed by atoms with Crippen LogP contribution in [0.5, 0.6) is 0 Å². The summed E-state index contributed by atoms with van der Waals surface area (Å²) in [6.07, 6.45) is 8.29. The Balaban J connectivity index is 1.78. The fourth-order valence-corrected chi connectivity index (χ4v) is 3.65. The summed E-state index contributed by atoms with van der Waals surface area (Å²) >= 11 is 0. The lowest BCUT2D eigenvalue weighted by Crippen LogP contribution is -2.01. The van der Waals surface area contributed by atoms with Crippen LogP contribution < -0.4 is 5.32 Å². The maximum Gasteiger partial charge on any atom is 0.139 e. The number of nitrogens with one attached hydrogen (secondary N) is 1. The Morgan fingerprint density at radius 2 is 1.96 bits per heavy atom. The highest BCUT2D eigenvalue weighted by Gasteiger charge is 2.14. The van der Waals surface area contributed by atoms with Gasteiger partial charge in [0.15, 0.2) is 0 Å². The number of hydrogen-bond acceptors (Lipinski definition) is 3. The van der Waals surface area contributed by atoms with Crippen LogP contribution in [0.1, 0.15) is 30.9 Å². The summed E-state index contributed by atoms with van der Waals surface area (Å²) in [6.45, 7) is 7.52. The van der Waals surface area contributed by atoms with Gasteiger partial charge in [0.05, 0.1) is 22.9 Å². The van der Waals surface area contributed by atoms with Crippen molar-refractivity contribution in [1.29, 1.82) is 0 Å². The van der Waals surface area contributed by atoms with E-state index in [1.165, 1.54) is 23.9 Å². The maximum atomic E-state index is 4.61. The quantitative estimate of drug-likeness (QED) is 0.547. The van der Waals surface area contributed by atoms with Crippen LogP contribution in [0.4, 0.5) is 11.5 Å². The largest absolute Gasteiger partial charge is 0.347 e. The number of imidazole rings is 1. The van der Waals surface area contributed by atoms with Crippen molar-refractivity contribution in [3.05, 3.63) is 48.0 Å². The number of rotatable bonds is 5. The second kappa shape index (κ2) is 6.48. The Morgan fingerprint density at radius 1 is 1.12 bits per heavy atom. The van der Waals surface area contributed by atoms with Crippen molar-refractivity contribution >= 4 is 33.4 Å². The Morgan fingerprint density at radius 3 is 2.77 bits per heavy atom. The highest BCUT2D eigenvalue weighted by molar-refractivity contribution is 5.94. The van der Waals surface area contributed by atoms with Crippen molar-refractivity contribution in [2.45, 2.75) is 40.2 Å². The third-order valence-corrected chi connectivity index (χ3v) is 5.15. The number of fused-ring (bicyclic) bond motifs is 2. The first-order valence-electron chi connectivity index (χ1n) is 9.22. The summed E-state index contributed by atoms with van der Waals surface area (Å²) < 4.78 is 4.37. The lowest BCUT2D eigenvalue weighted by atomic mass is 10.1. The van der Waals surface area contributed by atoms with Gasteiger partial charge < -0.3 is 14.5 Å². The van der Waals surface area contributed by atoms with Gasteiger partial charge >= 0.3 is 0 Å². The van der Waals surface area contributed by atoms with E-state index in [4.69, 9.17) is 0 Å². The number of aromatic nitrogens is 4. The molecule has 0 aliphatic rings. The van der Waals surface area contributed by atoms with E-state index in [9.17, 15) is 0 Å². The van der Waals surface area contributed by atoms with Gasteiger partial charge in [-0.1, -0.05) is 13.3 Å². The molecule has 0 radical (unpaired) electrons. The molecule has 4 aromatic rings. The van der Waals surface area contributed by atoms with Crippen LogP contribution in [0.25, 0.3) is 21.9 Å². The zero-order valence-corrected chi connectivity index (χ0v) is 15.9. The van der Waals surface area contributed by atoms with Crippen molar-refractivity contribution < 1.29 is 0 Å². The predicted molar refractivity (Wildman–Crippen MR) is 108 cm³/mol. The van der Waals surface area contributed by atoms with Crippen LogP contribution in [-0.4, -0.2) is 19.1 Å². The van der Waals surface area contributed by atoms with Gasteiger partial charge in [0.25, 0.3) is 0 Å². The van der Waals surface area contributed by atoms with Crippen LogP contribution in [0.3, 0.4) is 0 Å². The smallest absolute Gasteiger partial charge is 0.139 e. The molecular formula is C21H25N5. The molecule has 0 unspecified atom stereocenters. The number of benzene rings is 1. The molecule has 5 nitrogen and oxygen atoms in total. The molecule has 0 spiro atoms. The zero-order chi connectivity index (χ0) is 18.3. The molecule has 1 aromatic carbocycles. The van der Waals surface area contributed by atoms with Crippen molar-refractivity contribution in [1.82, 2.24) is 19.1 Å². The van der Waals surface area contributed by atoms with Crippen molar-refractivity contribution in [2.75, 3.05) is 5.32 Å². The fraction of sp³-hybridized carbons (Fsp3) is 0.333. The van der Waals surface area contributed by atoms with E-state index in [0.717, 1.165) is 40.0 Å². The van der Waals surface area contributed by atoms with Gasteiger partial charge in [0.2, 0.25) is 0 Å². The first-order chi connectivity index (χ1) is 12.6. The molecule has 0 fully saturated rings. The Hall–Kier alpha value is -2.82. The zero-order valence-electron chi connectivity index (χ0n) is 15.9. The van der Waals surface area contributed by atoms with Crippen LogP contribution in [0.2, 0.25) is 0 Å². The minimum absolute atomic E-state index is 0.902. The second-order valence-electron chi connectivity index (χ2n) is 7.00. The summed E-state index contributed by atoms with van der Waals surface area (Å²) in [4.78, 5) is 9.17. The van der Waals surface area contributed by atoms with Crippen molar-refractivity contribution in [3.8, 4) is 0 Å². The molecule has 0 saturated heterocycles. The number of unbranched alkanes of at least 4 members (excludes halogenated alkanes) is 1. The summed E-state index contributed by atoms with van der Waals surface area (Å²) in [7, 11) is 2.03. The molecule has 134 valence electrons. The molecular weight excluding hydrogens is 322 g/mol. The monoisotopic (exact) mass is 347 g/mol. The summed E-state index contributed by atoms with van der Waals surface area (Å²) in [5, 5.41) is 4.74. The van der Waals surface area contributed by atoms with Crippen LogP contribution in [-0.2, 0) is 13.6 Å². The highest BCUT2D eigenvalue weighted by Crippen LogP contribution is 2.32. The minimum Gasteiger partial charge on any atom is -0.347 e. The maximum absolute atomic E-state index is 4.61. The van der Waals surface area contributed by atoms with E-state index >= 15 is 0 Å². The van der Waals surface area contributed by atoms with E-state index in [0.29, 0.717) is 0 Å². The van der Waals surface area contributed by atoms with Crippen LogP contribution >= 0.6 is 0 Å². The van der Waals surface area contributed by atoms with E-state index in [2.05, 4.69) is 69.6 Å². The average Bonchev–Trinajstić information content (AvgIpc) is 3.21. The second-order valence-corrected chi connectivity index (χ2v) is 7.00.